The summed E-state index contributed by atoms with van der Waals surface area (Å²) in [5, 5.41) is 0. The molecule has 1 aromatic heterocycles. The van der Waals surface area contributed by atoms with Crippen molar-refractivity contribution in [1.82, 2.24) is 15.0 Å². The number of imidazole rings is 1. The van der Waals surface area contributed by atoms with Crippen LogP contribution in [0.25, 0.3) is 0 Å². The van der Waals surface area contributed by atoms with Gasteiger partial charge in [-0.1, -0.05) is 0 Å². The largest absolute Gasteiger partial charge is 0.376 e. The number of carbonyl (C=O) groups excluding carboxylic acids is 1. The van der Waals surface area contributed by atoms with Gasteiger partial charge in [-0.3, -0.25) is 10.2 Å². The topological polar surface area (TPSA) is 82.2 Å². The fraction of sp³-hybridized carbons (Fsp3) is 0.556. The van der Waals surface area contributed by atoms with Gasteiger partial charge in [-0.05, 0) is 12.8 Å². The van der Waals surface area contributed by atoms with E-state index in [0.717, 1.165) is 19.4 Å². The minimum absolute atomic E-state index is 0.184. The van der Waals surface area contributed by atoms with E-state index in [9.17, 15) is 4.79 Å². The van der Waals surface area contributed by atoms with Gasteiger partial charge in [0, 0.05) is 6.61 Å². The van der Waals surface area contributed by atoms with Crippen molar-refractivity contribution in [3.63, 3.8) is 0 Å². The van der Waals surface area contributed by atoms with Crippen LogP contribution in [0.1, 0.15) is 23.3 Å². The average molecular weight is 210 g/mol. The van der Waals surface area contributed by atoms with Gasteiger partial charge in [0.05, 0.1) is 25.2 Å². The van der Waals surface area contributed by atoms with E-state index in [1.54, 1.807) is 10.9 Å². The molecule has 1 fully saturated rings. The monoisotopic (exact) mass is 210 g/mol. The van der Waals surface area contributed by atoms with Crippen molar-refractivity contribution in [3.05, 3.63) is 18.2 Å². The van der Waals surface area contributed by atoms with E-state index in [2.05, 4.69) is 10.4 Å². The zero-order valence-electron chi connectivity index (χ0n) is 8.35. The number of nitrogen functional groups attached to an aromatic ring is 1. The highest BCUT2D eigenvalue weighted by atomic mass is 16.5. The molecule has 0 spiro atoms. The number of carbonyl (C=O) groups is 1. The summed E-state index contributed by atoms with van der Waals surface area (Å²) in [5.74, 6) is 4.74. The second-order valence-electron chi connectivity index (χ2n) is 3.54. The Balaban J connectivity index is 2.07. The van der Waals surface area contributed by atoms with Gasteiger partial charge in [0.2, 0.25) is 0 Å². The van der Waals surface area contributed by atoms with Crippen LogP contribution in [0.5, 0.6) is 0 Å². The molecule has 6 nitrogen and oxygen atoms in total. The highest BCUT2D eigenvalue weighted by Crippen LogP contribution is 2.14. The highest BCUT2D eigenvalue weighted by Gasteiger charge is 2.18. The fourth-order valence-corrected chi connectivity index (χ4v) is 1.74. The number of hydrazine groups is 1. The maximum atomic E-state index is 11.3. The lowest BCUT2D eigenvalue weighted by atomic mass is 10.2. The van der Waals surface area contributed by atoms with Gasteiger partial charge in [-0.2, -0.15) is 0 Å². The molecular weight excluding hydrogens is 196 g/mol. The lowest BCUT2D eigenvalue weighted by Crippen LogP contribution is -2.32. The van der Waals surface area contributed by atoms with Crippen LogP contribution in [0.15, 0.2) is 12.5 Å². The Morgan fingerprint density at radius 3 is 3.33 bits per heavy atom. The number of nitrogens with zero attached hydrogens (tertiary/aromatic N) is 2. The van der Waals surface area contributed by atoms with E-state index in [-0.39, 0.29) is 12.0 Å². The predicted octanol–water partition coefficient (Wildman–Crippen LogP) is -0.334. The molecule has 3 N–H and O–H groups in total. The highest BCUT2D eigenvalue weighted by molar-refractivity contribution is 5.91. The number of nitrogens with two attached hydrogens (primary N) is 1. The number of rotatable bonds is 3. The first-order valence-corrected chi connectivity index (χ1v) is 4.94. The van der Waals surface area contributed by atoms with Crippen LogP contribution in [0.3, 0.4) is 0 Å². The standard InChI is InChI=1S/C9H14N4O2/c10-12-9(14)8-4-11-6-13(8)5-7-2-1-3-15-7/h4,6-7H,1-3,5,10H2,(H,12,14)/t7-/m0/s1. The van der Waals surface area contributed by atoms with Crippen LogP contribution in [-0.4, -0.2) is 28.2 Å². The summed E-state index contributed by atoms with van der Waals surface area (Å²) < 4.78 is 7.25. The van der Waals surface area contributed by atoms with E-state index in [4.69, 9.17) is 10.6 Å². The number of amides is 1. The summed E-state index contributed by atoms with van der Waals surface area (Å²) in [6.45, 7) is 1.46. The normalized spacial score (nSPS) is 20.5. The van der Waals surface area contributed by atoms with Gasteiger partial charge in [0.1, 0.15) is 5.69 Å². The molecular formula is C9H14N4O2. The number of ether oxygens (including phenoxy) is 1. The molecule has 0 saturated carbocycles. The van der Waals surface area contributed by atoms with E-state index < -0.39 is 0 Å². The number of aromatic nitrogens is 2. The van der Waals surface area contributed by atoms with Crippen molar-refractivity contribution in [2.24, 2.45) is 5.84 Å². The van der Waals surface area contributed by atoms with Crippen molar-refractivity contribution in [2.45, 2.75) is 25.5 Å². The van der Waals surface area contributed by atoms with Gasteiger partial charge in [0.15, 0.2) is 0 Å². The molecule has 2 rings (SSSR count). The van der Waals surface area contributed by atoms with E-state index in [1.165, 1.54) is 6.20 Å². The molecule has 6 heteroatoms. The van der Waals surface area contributed by atoms with Crippen LogP contribution in [-0.2, 0) is 11.3 Å². The maximum absolute atomic E-state index is 11.3. The SMILES string of the molecule is NNC(=O)c1cncn1C[C@@H]1CCCO1. The third-order valence-electron chi connectivity index (χ3n) is 2.50. The second-order valence-corrected chi connectivity index (χ2v) is 3.54. The molecule has 1 atom stereocenters. The first-order chi connectivity index (χ1) is 7.31. The van der Waals surface area contributed by atoms with E-state index >= 15 is 0 Å². The zero-order chi connectivity index (χ0) is 10.7. The molecule has 1 aliphatic rings. The Hall–Kier alpha value is -1.40. The first-order valence-electron chi connectivity index (χ1n) is 4.94. The molecule has 1 aliphatic heterocycles. The average Bonchev–Trinajstić information content (AvgIpc) is 2.88. The Morgan fingerprint density at radius 1 is 1.80 bits per heavy atom. The van der Waals surface area contributed by atoms with Gasteiger partial charge in [-0.15, -0.1) is 0 Å². The van der Waals surface area contributed by atoms with Crippen LogP contribution in [0.4, 0.5) is 0 Å². The summed E-state index contributed by atoms with van der Waals surface area (Å²) in [5.41, 5.74) is 2.56. The number of nitrogens with one attached hydrogen (secondary N) is 1. The minimum Gasteiger partial charge on any atom is -0.376 e. The van der Waals surface area contributed by atoms with Gasteiger partial charge < -0.3 is 9.30 Å². The van der Waals surface area contributed by atoms with Gasteiger partial charge in [0.25, 0.3) is 5.91 Å². The third kappa shape index (κ3) is 2.16. The Labute approximate surface area is 87.4 Å². The van der Waals surface area contributed by atoms with Crippen molar-refractivity contribution in [1.29, 1.82) is 0 Å². The molecule has 1 amide bonds. The molecule has 0 aromatic carbocycles. The van der Waals surface area contributed by atoms with E-state index in [0.29, 0.717) is 12.2 Å². The third-order valence-corrected chi connectivity index (χ3v) is 2.50. The molecule has 0 unspecified atom stereocenters. The molecule has 0 radical (unpaired) electrons. The Morgan fingerprint density at radius 2 is 2.67 bits per heavy atom. The number of hydrogen-bond acceptors (Lipinski definition) is 4. The Kier molecular flexibility index (Phi) is 2.98. The summed E-state index contributed by atoms with van der Waals surface area (Å²) >= 11 is 0. The predicted molar refractivity (Wildman–Crippen MR) is 52.9 cm³/mol. The Bertz CT molecular complexity index is 344. The van der Waals surface area contributed by atoms with Crippen LogP contribution >= 0.6 is 0 Å². The molecule has 1 saturated heterocycles. The summed E-state index contributed by atoms with van der Waals surface area (Å²) in [6.07, 6.45) is 5.41. The number of hydrogen-bond donors (Lipinski definition) is 2. The summed E-state index contributed by atoms with van der Waals surface area (Å²) in [7, 11) is 0. The first kappa shape index (κ1) is 10.1. The lowest BCUT2D eigenvalue weighted by molar-refractivity contribution is 0.0896. The minimum atomic E-state index is -0.328. The van der Waals surface area contributed by atoms with Crippen molar-refractivity contribution in [3.8, 4) is 0 Å². The lowest BCUT2D eigenvalue weighted by Gasteiger charge is -2.12. The smallest absolute Gasteiger partial charge is 0.283 e. The van der Waals surface area contributed by atoms with Crippen LogP contribution in [0.2, 0.25) is 0 Å². The molecule has 0 aliphatic carbocycles. The fourth-order valence-electron chi connectivity index (χ4n) is 1.74. The quantitative estimate of drug-likeness (QED) is 0.406. The van der Waals surface area contributed by atoms with Gasteiger partial charge >= 0.3 is 0 Å². The van der Waals surface area contributed by atoms with Crippen LogP contribution < -0.4 is 11.3 Å². The van der Waals surface area contributed by atoms with Crippen molar-refractivity contribution >= 4 is 5.91 Å². The van der Waals surface area contributed by atoms with Crippen molar-refractivity contribution < 1.29 is 9.53 Å². The van der Waals surface area contributed by atoms with Gasteiger partial charge in [-0.25, -0.2) is 10.8 Å². The van der Waals surface area contributed by atoms with E-state index in [1.807, 2.05) is 0 Å². The molecule has 1 aromatic rings. The summed E-state index contributed by atoms with van der Waals surface area (Å²) in [6, 6.07) is 0. The molecule has 2 heterocycles. The second kappa shape index (κ2) is 4.41. The summed E-state index contributed by atoms with van der Waals surface area (Å²) in [4.78, 5) is 15.3. The van der Waals surface area contributed by atoms with Crippen molar-refractivity contribution in [2.75, 3.05) is 6.61 Å². The zero-order valence-corrected chi connectivity index (χ0v) is 8.35. The molecule has 82 valence electrons. The molecule has 0 bridgehead atoms. The molecule has 15 heavy (non-hydrogen) atoms. The van der Waals surface area contributed by atoms with Crippen LogP contribution in [0, 0.1) is 0 Å². The maximum Gasteiger partial charge on any atom is 0.283 e.